The molecule has 0 unspecified atom stereocenters. The molecule has 110 valence electrons. The van der Waals surface area contributed by atoms with Gasteiger partial charge in [0.15, 0.2) is 0 Å². The molecular weight excluding hydrogens is 323 g/mol. The number of thiophene rings is 1. The van der Waals surface area contributed by atoms with Gasteiger partial charge in [-0.1, -0.05) is 6.92 Å². The summed E-state index contributed by atoms with van der Waals surface area (Å²) in [5, 5.41) is 1.50. The van der Waals surface area contributed by atoms with Gasteiger partial charge in [-0.05, 0) is 17.9 Å². The molecule has 9 heteroatoms. The highest BCUT2D eigenvalue weighted by molar-refractivity contribution is 7.89. The molecule has 0 aliphatic carbocycles. The largest absolute Gasteiger partial charge is 0.402 e. The Bertz CT molecular complexity index is 513. The second-order valence-corrected chi connectivity index (χ2v) is 6.97. The first-order valence-electron chi connectivity index (χ1n) is 5.41. The van der Waals surface area contributed by atoms with Gasteiger partial charge in [0.2, 0.25) is 10.0 Å². The van der Waals surface area contributed by atoms with Gasteiger partial charge < -0.3 is 0 Å². The van der Waals surface area contributed by atoms with Gasteiger partial charge in [0.05, 0.1) is 10.8 Å². The Labute approximate surface area is 119 Å². The van der Waals surface area contributed by atoms with Crippen LogP contribution in [0.3, 0.4) is 0 Å². The SMILES string of the molecule is CCCN(CC(F)(F)F)S(=O)(=O)c1ccsc1CCl. The van der Waals surface area contributed by atoms with Gasteiger partial charge in [-0.2, -0.15) is 17.5 Å². The average Bonchev–Trinajstić information content (AvgIpc) is 2.75. The monoisotopic (exact) mass is 335 g/mol. The zero-order valence-electron chi connectivity index (χ0n) is 10.1. The zero-order chi connectivity index (χ0) is 14.7. The summed E-state index contributed by atoms with van der Waals surface area (Å²) in [6.07, 6.45) is -4.27. The predicted octanol–water partition coefficient (Wildman–Crippen LogP) is 3.45. The topological polar surface area (TPSA) is 37.4 Å². The van der Waals surface area contributed by atoms with Crippen molar-refractivity contribution in [2.45, 2.75) is 30.3 Å². The lowest BCUT2D eigenvalue weighted by atomic mass is 10.5. The van der Waals surface area contributed by atoms with Crippen molar-refractivity contribution in [2.24, 2.45) is 0 Å². The number of nitrogens with zero attached hydrogens (tertiary/aromatic N) is 1. The molecule has 0 amide bonds. The summed E-state index contributed by atoms with van der Waals surface area (Å²) in [7, 11) is -4.16. The van der Waals surface area contributed by atoms with Crippen LogP contribution in [0.1, 0.15) is 18.2 Å². The number of hydrogen-bond donors (Lipinski definition) is 0. The first-order valence-corrected chi connectivity index (χ1v) is 8.27. The van der Waals surface area contributed by atoms with Crippen LogP contribution in [0.2, 0.25) is 0 Å². The van der Waals surface area contributed by atoms with E-state index in [1.165, 1.54) is 11.4 Å². The molecule has 0 radical (unpaired) electrons. The molecule has 0 saturated carbocycles. The van der Waals surface area contributed by atoms with E-state index in [0.29, 0.717) is 15.6 Å². The third-order valence-electron chi connectivity index (χ3n) is 2.27. The van der Waals surface area contributed by atoms with Gasteiger partial charge in [0.1, 0.15) is 6.54 Å². The molecule has 3 nitrogen and oxygen atoms in total. The molecule has 0 aliphatic heterocycles. The van der Waals surface area contributed by atoms with Crippen LogP contribution >= 0.6 is 22.9 Å². The van der Waals surface area contributed by atoms with Crippen molar-refractivity contribution >= 4 is 33.0 Å². The van der Waals surface area contributed by atoms with E-state index in [2.05, 4.69) is 0 Å². The van der Waals surface area contributed by atoms with Gasteiger partial charge in [-0.25, -0.2) is 8.42 Å². The van der Waals surface area contributed by atoms with Crippen molar-refractivity contribution in [3.05, 3.63) is 16.3 Å². The van der Waals surface area contributed by atoms with Crippen LogP contribution in [0.25, 0.3) is 0 Å². The molecule has 1 aromatic heterocycles. The number of hydrogen-bond acceptors (Lipinski definition) is 3. The standard InChI is InChI=1S/C10H13ClF3NO2S2/c1-2-4-15(7-10(12,13)14)19(16,17)9-3-5-18-8(9)6-11/h3,5H,2,4,6-7H2,1H3. The molecule has 0 aromatic carbocycles. The highest BCUT2D eigenvalue weighted by atomic mass is 35.5. The van der Waals surface area contributed by atoms with E-state index in [0.717, 1.165) is 11.3 Å². The Balaban J connectivity index is 3.13. The second kappa shape index (κ2) is 6.43. The number of sulfonamides is 1. The van der Waals surface area contributed by atoms with Crippen molar-refractivity contribution in [1.82, 2.24) is 4.31 Å². The zero-order valence-corrected chi connectivity index (χ0v) is 12.5. The van der Waals surface area contributed by atoms with Crippen LogP contribution in [-0.4, -0.2) is 32.0 Å². The van der Waals surface area contributed by atoms with E-state index in [9.17, 15) is 21.6 Å². The third kappa shape index (κ3) is 4.34. The summed E-state index contributed by atoms with van der Waals surface area (Å²) < 4.78 is 62.2. The van der Waals surface area contributed by atoms with Crippen LogP contribution < -0.4 is 0 Å². The Morgan fingerprint density at radius 3 is 2.53 bits per heavy atom. The first-order chi connectivity index (χ1) is 8.72. The quantitative estimate of drug-likeness (QED) is 0.747. The van der Waals surface area contributed by atoms with E-state index in [-0.39, 0.29) is 17.3 Å². The van der Waals surface area contributed by atoms with Crippen molar-refractivity contribution in [3.63, 3.8) is 0 Å². The van der Waals surface area contributed by atoms with E-state index in [1.54, 1.807) is 6.92 Å². The predicted molar refractivity (Wildman–Crippen MR) is 69.0 cm³/mol. The Hall–Kier alpha value is -0.310. The van der Waals surface area contributed by atoms with Gasteiger partial charge >= 0.3 is 6.18 Å². The normalized spacial score (nSPS) is 13.2. The van der Waals surface area contributed by atoms with Gasteiger partial charge in [0.25, 0.3) is 0 Å². The highest BCUT2D eigenvalue weighted by Crippen LogP contribution is 2.28. The third-order valence-corrected chi connectivity index (χ3v) is 5.68. The lowest BCUT2D eigenvalue weighted by Gasteiger charge is -2.22. The smallest absolute Gasteiger partial charge is 0.207 e. The molecule has 0 atom stereocenters. The molecule has 1 aromatic rings. The maximum absolute atomic E-state index is 12.5. The fourth-order valence-electron chi connectivity index (χ4n) is 1.53. The molecule has 1 rings (SSSR count). The van der Waals surface area contributed by atoms with Crippen LogP contribution in [0.4, 0.5) is 13.2 Å². The minimum Gasteiger partial charge on any atom is -0.207 e. The van der Waals surface area contributed by atoms with E-state index < -0.39 is 22.7 Å². The van der Waals surface area contributed by atoms with E-state index >= 15 is 0 Å². The number of rotatable bonds is 6. The van der Waals surface area contributed by atoms with Gasteiger partial charge in [-0.15, -0.1) is 22.9 Å². The Morgan fingerprint density at radius 1 is 1.42 bits per heavy atom. The molecular formula is C10H13ClF3NO2S2. The molecule has 0 spiro atoms. The summed E-state index contributed by atoms with van der Waals surface area (Å²) in [6.45, 7) is -0.0465. The van der Waals surface area contributed by atoms with Crippen LogP contribution in [0.5, 0.6) is 0 Å². The fourth-order valence-corrected chi connectivity index (χ4v) is 4.72. The van der Waals surface area contributed by atoms with Crippen molar-refractivity contribution < 1.29 is 21.6 Å². The van der Waals surface area contributed by atoms with Crippen LogP contribution in [-0.2, 0) is 15.9 Å². The Kier molecular flexibility index (Phi) is 5.66. The second-order valence-electron chi connectivity index (χ2n) is 3.80. The van der Waals surface area contributed by atoms with Crippen molar-refractivity contribution in [3.8, 4) is 0 Å². The van der Waals surface area contributed by atoms with Crippen LogP contribution in [0, 0.1) is 0 Å². The summed E-state index contributed by atoms with van der Waals surface area (Å²) in [5.74, 6) is -0.0434. The average molecular weight is 336 g/mol. The highest BCUT2D eigenvalue weighted by Gasteiger charge is 2.37. The molecule has 0 saturated heterocycles. The minimum atomic E-state index is -4.57. The molecule has 0 aliphatic rings. The lowest BCUT2D eigenvalue weighted by molar-refractivity contribution is -0.136. The maximum Gasteiger partial charge on any atom is 0.402 e. The summed E-state index contributed by atoms with van der Waals surface area (Å²) >= 11 is 6.71. The van der Waals surface area contributed by atoms with Crippen molar-refractivity contribution in [1.29, 1.82) is 0 Å². The molecule has 1 heterocycles. The number of alkyl halides is 4. The Morgan fingerprint density at radius 2 is 2.05 bits per heavy atom. The molecule has 19 heavy (non-hydrogen) atoms. The first kappa shape index (κ1) is 16.7. The van der Waals surface area contributed by atoms with Crippen LogP contribution in [0.15, 0.2) is 16.3 Å². The summed E-state index contributed by atoms with van der Waals surface area (Å²) in [4.78, 5) is 0.218. The minimum absolute atomic E-state index is 0.0434. The maximum atomic E-state index is 12.5. The van der Waals surface area contributed by atoms with Gasteiger partial charge in [-0.3, -0.25) is 0 Å². The van der Waals surface area contributed by atoms with E-state index in [4.69, 9.17) is 11.6 Å². The van der Waals surface area contributed by atoms with Crippen molar-refractivity contribution in [2.75, 3.05) is 13.1 Å². The number of halogens is 4. The fraction of sp³-hybridized carbons (Fsp3) is 0.600. The summed E-state index contributed by atoms with van der Waals surface area (Å²) in [6, 6.07) is 1.29. The van der Waals surface area contributed by atoms with E-state index in [1.807, 2.05) is 0 Å². The molecule has 0 N–H and O–H groups in total. The van der Waals surface area contributed by atoms with Gasteiger partial charge in [0, 0.05) is 11.4 Å². The lowest BCUT2D eigenvalue weighted by Crippen LogP contribution is -2.39. The molecule has 0 bridgehead atoms. The molecule has 0 fully saturated rings. The summed E-state index contributed by atoms with van der Waals surface area (Å²) in [5.41, 5.74) is 0.